The van der Waals surface area contributed by atoms with Crippen LogP contribution in [0.4, 0.5) is 0 Å². The monoisotopic (exact) mass is 166 g/mol. The zero-order chi connectivity index (χ0) is 9.98. The van der Waals surface area contributed by atoms with Gasteiger partial charge in [-0.05, 0) is 13.2 Å². The first-order chi connectivity index (χ1) is 5.62. The maximum Gasteiger partial charge on any atom is 0.189 e. The second-order valence-electron chi connectivity index (χ2n) is 1.48. The predicted molar refractivity (Wildman–Crippen MR) is 43.5 cm³/mol. The normalized spacial score (nSPS) is 6.00. The van der Waals surface area contributed by atoms with Crippen molar-refractivity contribution in [3.05, 3.63) is 24.7 Å². The fourth-order valence-electron chi connectivity index (χ4n) is 0.0913. The van der Waals surface area contributed by atoms with Crippen molar-refractivity contribution < 1.29 is 9.47 Å². The van der Waals surface area contributed by atoms with E-state index in [1.54, 1.807) is 12.1 Å². The molecule has 0 rings (SSSR count). The fraction of sp³-hybridized carbons (Fsp3) is 0.250. The molecule has 0 aromatic rings. The summed E-state index contributed by atoms with van der Waals surface area (Å²) >= 11 is 0. The molecule has 64 valence electrons. The summed E-state index contributed by atoms with van der Waals surface area (Å²) in [6, 6.07) is 3.40. The molecule has 0 heterocycles. The van der Waals surface area contributed by atoms with Gasteiger partial charge in [0.1, 0.15) is 12.1 Å². The predicted octanol–water partition coefficient (Wildman–Crippen LogP) is 1.34. The van der Waals surface area contributed by atoms with Crippen LogP contribution in [0.3, 0.4) is 0 Å². The smallest absolute Gasteiger partial charge is 0.189 e. The highest BCUT2D eigenvalue weighted by Gasteiger charge is 1.77. The Morgan fingerprint density at radius 1 is 1.00 bits per heavy atom. The minimum absolute atomic E-state index is 0.148. The fourth-order valence-corrected chi connectivity index (χ4v) is 0.0913. The van der Waals surface area contributed by atoms with Crippen LogP contribution in [-0.2, 0) is 9.47 Å². The van der Waals surface area contributed by atoms with Crippen LogP contribution in [-0.4, -0.2) is 14.2 Å². The molecular weight excluding hydrogens is 156 g/mol. The van der Waals surface area contributed by atoms with Crippen LogP contribution in [0.15, 0.2) is 24.7 Å². The topological polar surface area (TPSA) is 66.0 Å². The third-order valence-corrected chi connectivity index (χ3v) is 0.742. The lowest BCUT2D eigenvalue weighted by atomic mass is 10.6. The van der Waals surface area contributed by atoms with E-state index in [-0.39, 0.29) is 11.5 Å². The van der Waals surface area contributed by atoms with Crippen molar-refractivity contribution in [2.24, 2.45) is 0 Å². The van der Waals surface area contributed by atoms with Crippen molar-refractivity contribution >= 4 is 0 Å². The van der Waals surface area contributed by atoms with Gasteiger partial charge in [0, 0.05) is 0 Å². The molecule has 4 nitrogen and oxygen atoms in total. The van der Waals surface area contributed by atoms with Crippen molar-refractivity contribution in [2.45, 2.75) is 0 Å². The summed E-state index contributed by atoms with van der Waals surface area (Å²) in [4.78, 5) is 0. The number of rotatable bonds is 2. The minimum Gasteiger partial charge on any atom is -0.487 e. The zero-order valence-electron chi connectivity index (χ0n) is 7.13. The summed E-state index contributed by atoms with van der Waals surface area (Å²) in [5.74, 6) is 0.296. The molecule has 0 saturated heterocycles. The van der Waals surface area contributed by atoms with Gasteiger partial charge in [0.05, 0.1) is 14.2 Å². The molecule has 4 heteroatoms. The summed E-state index contributed by atoms with van der Waals surface area (Å²) in [5, 5.41) is 15.7. The number of methoxy groups -OCH3 is 2. The standard InChI is InChI=1S/2C4H5NO/c2*1-4(3-5)6-2/h2*1H2,2H3. The SMILES string of the molecule is C=C(C#N)OC.C=C(C#N)OC. The minimum atomic E-state index is 0.148. The van der Waals surface area contributed by atoms with E-state index in [1.807, 2.05) is 0 Å². The Kier molecular flexibility index (Phi) is 9.60. The Labute approximate surface area is 71.9 Å². The first-order valence-electron chi connectivity index (χ1n) is 2.88. The molecule has 0 N–H and O–H groups in total. The van der Waals surface area contributed by atoms with Crippen LogP contribution in [0, 0.1) is 22.7 Å². The van der Waals surface area contributed by atoms with Gasteiger partial charge < -0.3 is 9.47 Å². The van der Waals surface area contributed by atoms with Gasteiger partial charge in [-0.25, -0.2) is 0 Å². The van der Waals surface area contributed by atoms with Gasteiger partial charge in [-0.15, -0.1) is 0 Å². The van der Waals surface area contributed by atoms with E-state index in [2.05, 4.69) is 22.6 Å². The lowest BCUT2D eigenvalue weighted by Crippen LogP contribution is -1.74. The van der Waals surface area contributed by atoms with E-state index in [0.717, 1.165) is 0 Å². The highest BCUT2D eigenvalue weighted by atomic mass is 16.5. The first-order valence-corrected chi connectivity index (χ1v) is 2.88. The van der Waals surface area contributed by atoms with Crippen molar-refractivity contribution in [1.82, 2.24) is 0 Å². The van der Waals surface area contributed by atoms with E-state index >= 15 is 0 Å². The van der Waals surface area contributed by atoms with Gasteiger partial charge in [-0.2, -0.15) is 10.5 Å². The second-order valence-corrected chi connectivity index (χ2v) is 1.48. The number of allylic oxidation sites excluding steroid dienone is 2. The van der Waals surface area contributed by atoms with Crippen molar-refractivity contribution in [3.8, 4) is 12.1 Å². The Bertz CT molecular complexity index is 206. The summed E-state index contributed by atoms with van der Waals surface area (Å²) in [6.45, 7) is 6.42. The van der Waals surface area contributed by atoms with Crippen LogP contribution < -0.4 is 0 Å². The van der Waals surface area contributed by atoms with Crippen LogP contribution in [0.25, 0.3) is 0 Å². The number of hydrogen-bond acceptors (Lipinski definition) is 4. The van der Waals surface area contributed by atoms with Crippen molar-refractivity contribution in [3.63, 3.8) is 0 Å². The molecule has 0 saturated carbocycles. The molecule has 0 atom stereocenters. The number of ether oxygens (including phenoxy) is 2. The molecule has 0 spiro atoms. The van der Waals surface area contributed by atoms with Gasteiger partial charge in [0.25, 0.3) is 0 Å². The quantitative estimate of drug-likeness (QED) is 0.458. The van der Waals surface area contributed by atoms with E-state index in [1.165, 1.54) is 14.2 Å². The third-order valence-electron chi connectivity index (χ3n) is 0.742. The average Bonchev–Trinajstić information content (AvgIpc) is 2.16. The molecular formula is C8H10N2O2. The number of nitrogens with zero attached hydrogens (tertiary/aromatic N) is 2. The molecule has 0 aromatic carbocycles. The van der Waals surface area contributed by atoms with Crippen LogP contribution in [0.5, 0.6) is 0 Å². The van der Waals surface area contributed by atoms with Crippen molar-refractivity contribution in [2.75, 3.05) is 14.2 Å². The van der Waals surface area contributed by atoms with E-state index in [9.17, 15) is 0 Å². The second kappa shape index (κ2) is 9.06. The lowest BCUT2D eigenvalue weighted by molar-refractivity contribution is 0.312. The summed E-state index contributed by atoms with van der Waals surface area (Å²) in [5.41, 5.74) is 0. The molecule has 0 bridgehead atoms. The molecule has 0 aliphatic rings. The summed E-state index contributed by atoms with van der Waals surface area (Å²) in [6.07, 6.45) is 0. The molecule has 0 aromatic heterocycles. The molecule has 0 radical (unpaired) electrons. The van der Waals surface area contributed by atoms with Gasteiger partial charge >= 0.3 is 0 Å². The lowest BCUT2D eigenvalue weighted by Gasteiger charge is -1.84. The van der Waals surface area contributed by atoms with E-state index < -0.39 is 0 Å². The number of nitriles is 2. The van der Waals surface area contributed by atoms with Gasteiger partial charge in [0.2, 0.25) is 0 Å². The summed E-state index contributed by atoms with van der Waals surface area (Å²) in [7, 11) is 2.82. The Balaban J connectivity index is 0. The Morgan fingerprint density at radius 3 is 1.25 bits per heavy atom. The Hall–Kier alpha value is -1.94. The highest BCUT2D eigenvalue weighted by Crippen LogP contribution is 1.81. The van der Waals surface area contributed by atoms with E-state index in [0.29, 0.717) is 0 Å². The Morgan fingerprint density at radius 2 is 1.25 bits per heavy atom. The van der Waals surface area contributed by atoms with Gasteiger partial charge in [0.15, 0.2) is 11.5 Å². The summed E-state index contributed by atoms with van der Waals surface area (Å²) < 4.78 is 8.69. The highest BCUT2D eigenvalue weighted by molar-refractivity contribution is 5.06. The largest absolute Gasteiger partial charge is 0.487 e. The maximum atomic E-state index is 7.86. The molecule has 0 fully saturated rings. The molecule has 12 heavy (non-hydrogen) atoms. The molecule has 0 aliphatic carbocycles. The van der Waals surface area contributed by atoms with Crippen molar-refractivity contribution in [1.29, 1.82) is 10.5 Å². The first kappa shape index (κ1) is 12.7. The third kappa shape index (κ3) is 10.9. The number of hydrogen-bond donors (Lipinski definition) is 0. The zero-order valence-corrected chi connectivity index (χ0v) is 7.13. The van der Waals surface area contributed by atoms with Crippen LogP contribution in [0.1, 0.15) is 0 Å². The molecule has 0 unspecified atom stereocenters. The molecule has 0 aliphatic heterocycles. The van der Waals surface area contributed by atoms with Gasteiger partial charge in [-0.3, -0.25) is 0 Å². The molecule has 0 amide bonds. The van der Waals surface area contributed by atoms with Gasteiger partial charge in [-0.1, -0.05) is 0 Å². The van der Waals surface area contributed by atoms with Crippen LogP contribution >= 0.6 is 0 Å². The van der Waals surface area contributed by atoms with Crippen LogP contribution in [0.2, 0.25) is 0 Å². The average molecular weight is 166 g/mol. The maximum absolute atomic E-state index is 7.86. The van der Waals surface area contributed by atoms with E-state index in [4.69, 9.17) is 10.5 Å².